The van der Waals surface area contributed by atoms with Gasteiger partial charge in [-0.1, -0.05) is 18.2 Å². The maximum absolute atomic E-state index is 12.0. The molecule has 0 aliphatic heterocycles. The van der Waals surface area contributed by atoms with Gasteiger partial charge in [0.15, 0.2) is 0 Å². The van der Waals surface area contributed by atoms with E-state index in [-0.39, 0.29) is 17.8 Å². The van der Waals surface area contributed by atoms with E-state index in [0.29, 0.717) is 17.7 Å². The summed E-state index contributed by atoms with van der Waals surface area (Å²) in [6, 6.07) is 10.9. The van der Waals surface area contributed by atoms with E-state index in [9.17, 15) is 9.59 Å². The molecule has 1 aromatic carbocycles. The van der Waals surface area contributed by atoms with Crippen LogP contribution in [-0.2, 0) is 11.3 Å². The second kappa shape index (κ2) is 6.39. The number of amides is 1. The van der Waals surface area contributed by atoms with Crippen molar-refractivity contribution in [3.63, 3.8) is 0 Å². The molecule has 0 bridgehead atoms. The zero-order chi connectivity index (χ0) is 16.2. The number of aryl methyl sites for hydroxylation is 2. The lowest BCUT2D eigenvalue weighted by molar-refractivity contribution is -0.116. The SMILES string of the molecule is Cc1ccc(NC(=O)CCn2ncc(=O)c3ccccc32)nc1. The minimum absolute atomic E-state index is 0.120. The molecule has 0 saturated carbocycles. The fourth-order valence-corrected chi connectivity index (χ4v) is 2.29. The molecule has 116 valence electrons. The molecule has 0 fully saturated rings. The van der Waals surface area contributed by atoms with E-state index in [4.69, 9.17) is 0 Å². The molecule has 2 aromatic heterocycles. The second-order valence-corrected chi connectivity index (χ2v) is 5.27. The molecular formula is C17H16N4O2. The highest BCUT2D eigenvalue weighted by molar-refractivity contribution is 5.89. The molecule has 0 unspecified atom stereocenters. The van der Waals surface area contributed by atoms with Gasteiger partial charge in [0.2, 0.25) is 11.3 Å². The Bertz CT molecular complexity index is 900. The number of para-hydroxylation sites is 1. The topological polar surface area (TPSA) is 76.9 Å². The van der Waals surface area contributed by atoms with Crippen LogP contribution in [-0.4, -0.2) is 20.7 Å². The summed E-state index contributed by atoms with van der Waals surface area (Å²) in [7, 11) is 0. The van der Waals surface area contributed by atoms with Crippen LogP contribution in [0.3, 0.4) is 0 Å². The van der Waals surface area contributed by atoms with Crippen LogP contribution in [0.1, 0.15) is 12.0 Å². The van der Waals surface area contributed by atoms with Crippen LogP contribution < -0.4 is 10.7 Å². The monoisotopic (exact) mass is 308 g/mol. The zero-order valence-corrected chi connectivity index (χ0v) is 12.7. The van der Waals surface area contributed by atoms with Crippen LogP contribution in [0.5, 0.6) is 0 Å². The highest BCUT2D eigenvalue weighted by atomic mass is 16.1. The number of hydrogen-bond acceptors (Lipinski definition) is 4. The number of anilines is 1. The van der Waals surface area contributed by atoms with E-state index >= 15 is 0 Å². The Balaban J connectivity index is 1.71. The Morgan fingerprint density at radius 3 is 2.78 bits per heavy atom. The maximum atomic E-state index is 12.0. The summed E-state index contributed by atoms with van der Waals surface area (Å²) in [5.41, 5.74) is 1.64. The normalized spacial score (nSPS) is 10.7. The molecule has 6 heteroatoms. The third-order valence-corrected chi connectivity index (χ3v) is 3.49. The Kier molecular flexibility index (Phi) is 4.14. The Labute approximate surface area is 132 Å². The van der Waals surface area contributed by atoms with Crippen molar-refractivity contribution in [1.29, 1.82) is 0 Å². The number of rotatable bonds is 4. The summed E-state index contributed by atoms with van der Waals surface area (Å²) in [5, 5.41) is 7.45. The number of fused-ring (bicyclic) bond motifs is 1. The number of carbonyl (C=O) groups excluding carboxylic acids is 1. The molecule has 0 aliphatic carbocycles. The van der Waals surface area contributed by atoms with Crippen molar-refractivity contribution in [1.82, 2.24) is 14.8 Å². The summed E-state index contributed by atoms with van der Waals surface area (Å²) < 4.78 is 1.67. The third-order valence-electron chi connectivity index (χ3n) is 3.49. The highest BCUT2D eigenvalue weighted by Crippen LogP contribution is 2.09. The number of carbonyl (C=O) groups is 1. The van der Waals surface area contributed by atoms with Crippen LogP contribution >= 0.6 is 0 Å². The Morgan fingerprint density at radius 1 is 1.17 bits per heavy atom. The van der Waals surface area contributed by atoms with Gasteiger partial charge in [-0.3, -0.25) is 14.3 Å². The fourth-order valence-electron chi connectivity index (χ4n) is 2.29. The summed E-state index contributed by atoms with van der Waals surface area (Å²) >= 11 is 0. The van der Waals surface area contributed by atoms with Crippen molar-refractivity contribution in [2.45, 2.75) is 19.9 Å². The van der Waals surface area contributed by atoms with Crippen LogP contribution in [0.25, 0.3) is 10.9 Å². The molecule has 3 aromatic rings. The predicted octanol–water partition coefficient (Wildman–Crippen LogP) is 2.13. The molecule has 2 heterocycles. The maximum Gasteiger partial charge on any atom is 0.227 e. The second-order valence-electron chi connectivity index (χ2n) is 5.27. The van der Waals surface area contributed by atoms with E-state index in [0.717, 1.165) is 11.1 Å². The molecule has 3 rings (SSSR count). The van der Waals surface area contributed by atoms with Crippen LogP contribution in [0.15, 0.2) is 53.6 Å². The van der Waals surface area contributed by atoms with E-state index in [2.05, 4.69) is 15.4 Å². The zero-order valence-electron chi connectivity index (χ0n) is 12.7. The van der Waals surface area contributed by atoms with Gasteiger partial charge in [0, 0.05) is 18.0 Å². The molecule has 0 atom stereocenters. The number of nitrogens with zero attached hydrogens (tertiary/aromatic N) is 3. The lowest BCUT2D eigenvalue weighted by Gasteiger charge is -2.09. The minimum Gasteiger partial charge on any atom is -0.311 e. The number of benzene rings is 1. The van der Waals surface area contributed by atoms with Gasteiger partial charge >= 0.3 is 0 Å². The largest absolute Gasteiger partial charge is 0.311 e. The minimum atomic E-state index is -0.147. The van der Waals surface area contributed by atoms with Gasteiger partial charge in [0.1, 0.15) is 5.82 Å². The number of nitrogens with one attached hydrogen (secondary N) is 1. The molecule has 1 amide bonds. The number of pyridine rings is 1. The van der Waals surface area contributed by atoms with E-state index in [1.165, 1.54) is 6.20 Å². The van der Waals surface area contributed by atoms with Crippen molar-refractivity contribution >= 4 is 22.6 Å². The molecule has 1 N–H and O–H groups in total. The van der Waals surface area contributed by atoms with Crippen LogP contribution in [0.4, 0.5) is 5.82 Å². The van der Waals surface area contributed by atoms with Crippen molar-refractivity contribution in [2.24, 2.45) is 0 Å². The molecule has 0 spiro atoms. The molecule has 6 nitrogen and oxygen atoms in total. The lowest BCUT2D eigenvalue weighted by Crippen LogP contribution is -2.18. The molecular weight excluding hydrogens is 292 g/mol. The first-order valence-electron chi connectivity index (χ1n) is 7.31. The Hall–Kier alpha value is -3.02. The lowest BCUT2D eigenvalue weighted by atomic mass is 10.2. The van der Waals surface area contributed by atoms with Gasteiger partial charge in [-0.15, -0.1) is 0 Å². The van der Waals surface area contributed by atoms with Crippen molar-refractivity contribution < 1.29 is 4.79 Å². The van der Waals surface area contributed by atoms with Gasteiger partial charge in [-0.2, -0.15) is 5.10 Å². The molecule has 0 radical (unpaired) electrons. The third kappa shape index (κ3) is 3.42. The average Bonchev–Trinajstić information content (AvgIpc) is 2.57. The number of aromatic nitrogens is 3. The summed E-state index contributed by atoms with van der Waals surface area (Å²) in [4.78, 5) is 27.9. The van der Waals surface area contributed by atoms with Gasteiger partial charge < -0.3 is 5.32 Å². The average molecular weight is 308 g/mol. The van der Waals surface area contributed by atoms with Crippen molar-refractivity contribution in [2.75, 3.05) is 5.32 Å². The molecule has 0 aliphatic rings. The quantitative estimate of drug-likeness (QED) is 0.801. The predicted molar refractivity (Wildman–Crippen MR) is 88.2 cm³/mol. The van der Waals surface area contributed by atoms with Gasteiger partial charge in [-0.25, -0.2) is 4.98 Å². The van der Waals surface area contributed by atoms with Crippen LogP contribution in [0, 0.1) is 6.92 Å². The number of hydrogen-bond donors (Lipinski definition) is 1. The van der Waals surface area contributed by atoms with Gasteiger partial charge in [0.05, 0.1) is 18.3 Å². The van der Waals surface area contributed by atoms with Crippen molar-refractivity contribution in [3.8, 4) is 0 Å². The summed E-state index contributed by atoms with van der Waals surface area (Å²) in [5.74, 6) is 0.379. The van der Waals surface area contributed by atoms with Gasteiger partial charge in [-0.05, 0) is 30.7 Å². The summed E-state index contributed by atoms with van der Waals surface area (Å²) in [6.07, 6.45) is 3.23. The summed E-state index contributed by atoms with van der Waals surface area (Å²) in [6.45, 7) is 2.32. The van der Waals surface area contributed by atoms with E-state index < -0.39 is 0 Å². The van der Waals surface area contributed by atoms with Crippen molar-refractivity contribution in [3.05, 3.63) is 64.6 Å². The first-order valence-corrected chi connectivity index (χ1v) is 7.31. The van der Waals surface area contributed by atoms with E-state index in [1.54, 1.807) is 23.0 Å². The van der Waals surface area contributed by atoms with Gasteiger partial charge in [0.25, 0.3) is 0 Å². The molecule has 23 heavy (non-hydrogen) atoms. The molecule has 0 saturated heterocycles. The fraction of sp³-hybridized carbons (Fsp3) is 0.176. The van der Waals surface area contributed by atoms with Crippen LogP contribution in [0.2, 0.25) is 0 Å². The standard InChI is InChI=1S/C17H16N4O2/c1-12-6-7-16(18-10-12)20-17(23)8-9-21-14-5-3-2-4-13(14)15(22)11-19-21/h2-7,10-11H,8-9H2,1H3,(H,18,20,23). The van der Waals surface area contributed by atoms with E-state index in [1.807, 2.05) is 31.2 Å². The smallest absolute Gasteiger partial charge is 0.227 e. The first-order chi connectivity index (χ1) is 11.1. The Morgan fingerprint density at radius 2 is 2.00 bits per heavy atom. The first kappa shape index (κ1) is 14.9. The highest BCUT2D eigenvalue weighted by Gasteiger charge is 2.07.